The molecular weight excluding hydrogens is 252 g/mol. The number of carbonyl (C=O) groups excluding carboxylic acids is 1. The van der Waals surface area contributed by atoms with Gasteiger partial charge in [-0.05, 0) is 31.2 Å². The summed E-state index contributed by atoms with van der Waals surface area (Å²) in [5, 5.41) is 3.12. The summed E-state index contributed by atoms with van der Waals surface area (Å²) in [6, 6.07) is 10.3. The summed E-state index contributed by atoms with van der Waals surface area (Å²) < 4.78 is 5.33. The third-order valence-electron chi connectivity index (χ3n) is 4.04. The number of ether oxygens (including phenoxy) is 1. The standard InChI is InChI=1S/C16H24N2O2/c1-20-15-8-7-14(10-15)18-16(19)13(11-17)9-12-5-3-2-4-6-12/h2-6,13-15H,7-11,17H2,1H3,(H,18,19). The smallest absolute Gasteiger partial charge is 0.224 e. The van der Waals surface area contributed by atoms with Crippen molar-refractivity contribution in [2.24, 2.45) is 11.7 Å². The van der Waals surface area contributed by atoms with E-state index in [0.29, 0.717) is 13.0 Å². The summed E-state index contributed by atoms with van der Waals surface area (Å²) in [5.74, 6) is -0.0860. The van der Waals surface area contributed by atoms with Crippen LogP contribution in [0.4, 0.5) is 0 Å². The largest absolute Gasteiger partial charge is 0.381 e. The van der Waals surface area contributed by atoms with Crippen LogP contribution in [0.3, 0.4) is 0 Å². The fraction of sp³-hybridized carbons (Fsp3) is 0.562. The number of benzene rings is 1. The Morgan fingerprint density at radius 3 is 2.75 bits per heavy atom. The molecule has 3 atom stereocenters. The first-order valence-electron chi connectivity index (χ1n) is 7.30. The molecule has 0 heterocycles. The molecule has 1 saturated carbocycles. The Bertz CT molecular complexity index is 422. The number of hydrogen-bond acceptors (Lipinski definition) is 3. The van der Waals surface area contributed by atoms with Gasteiger partial charge in [-0.2, -0.15) is 0 Å². The van der Waals surface area contributed by atoms with Crippen molar-refractivity contribution in [1.29, 1.82) is 0 Å². The molecule has 0 aromatic heterocycles. The van der Waals surface area contributed by atoms with Gasteiger partial charge in [-0.15, -0.1) is 0 Å². The van der Waals surface area contributed by atoms with Crippen molar-refractivity contribution in [3.63, 3.8) is 0 Å². The molecule has 0 saturated heterocycles. The molecule has 4 nitrogen and oxygen atoms in total. The van der Waals surface area contributed by atoms with Crippen molar-refractivity contribution in [1.82, 2.24) is 5.32 Å². The first kappa shape index (κ1) is 15.0. The average molecular weight is 276 g/mol. The lowest BCUT2D eigenvalue weighted by molar-refractivity contribution is -0.125. The number of nitrogens with one attached hydrogen (secondary N) is 1. The molecule has 0 spiro atoms. The SMILES string of the molecule is COC1CCC(NC(=O)C(CN)Cc2ccccc2)C1. The molecule has 0 aliphatic heterocycles. The number of nitrogens with two attached hydrogens (primary N) is 1. The van der Waals surface area contributed by atoms with E-state index < -0.39 is 0 Å². The summed E-state index contributed by atoms with van der Waals surface area (Å²) in [7, 11) is 1.73. The monoisotopic (exact) mass is 276 g/mol. The van der Waals surface area contributed by atoms with E-state index >= 15 is 0 Å². The van der Waals surface area contributed by atoms with Crippen LogP contribution in [0.5, 0.6) is 0 Å². The topological polar surface area (TPSA) is 64.3 Å². The minimum atomic E-state index is -0.154. The Morgan fingerprint density at radius 2 is 2.15 bits per heavy atom. The second-order valence-corrected chi connectivity index (χ2v) is 5.50. The highest BCUT2D eigenvalue weighted by atomic mass is 16.5. The molecule has 1 amide bonds. The van der Waals surface area contributed by atoms with Gasteiger partial charge in [0.25, 0.3) is 0 Å². The van der Waals surface area contributed by atoms with Gasteiger partial charge in [0.2, 0.25) is 5.91 Å². The number of rotatable bonds is 6. The summed E-state index contributed by atoms with van der Waals surface area (Å²) >= 11 is 0. The lowest BCUT2D eigenvalue weighted by Crippen LogP contribution is -2.41. The second kappa shape index (κ2) is 7.41. The quantitative estimate of drug-likeness (QED) is 0.827. The van der Waals surface area contributed by atoms with E-state index in [2.05, 4.69) is 5.32 Å². The Hall–Kier alpha value is -1.39. The highest BCUT2D eigenvalue weighted by Gasteiger charge is 2.27. The van der Waals surface area contributed by atoms with Gasteiger partial charge in [0.05, 0.1) is 12.0 Å². The van der Waals surface area contributed by atoms with E-state index in [9.17, 15) is 4.79 Å². The molecule has 1 aromatic rings. The third-order valence-corrected chi connectivity index (χ3v) is 4.04. The van der Waals surface area contributed by atoms with E-state index in [-0.39, 0.29) is 24.0 Å². The van der Waals surface area contributed by atoms with Crippen LogP contribution in [0.2, 0.25) is 0 Å². The predicted octanol–water partition coefficient (Wildman–Crippen LogP) is 1.49. The summed E-state index contributed by atoms with van der Waals surface area (Å²) in [4.78, 5) is 12.3. The predicted molar refractivity (Wildman–Crippen MR) is 79.3 cm³/mol. The molecule has 1 aromatic carbocycles. The van der Waals surface area contributed by atoms with Crippen molar-refractivity contribution >= 4 is 5.91 Å². The van der Waals surface area contributed by atoms with Crippen LogP contribution in [0.25, 0.3) is 0 Å². The fourth-order valence-corrected chi connectivity index (χ4v) is 2.79. The lowest BCUT2D eigenvalue weighted by Gasteiger charge is -2.19. The van der Waals surface area contributed by atoms with Gasteiger partial charge in [0, 0.05) is 19.7 Å². The number of carbonyl (C=O) groups is 1. The van der Waals surface area contributed by atoms with Crippen LogP contribution < -0.4 is 11.1 Å². The van der Waals surface area contributed by atoms with Crippen LogP contribution >= 0.6 is 0 Å². The van der Waals surface area contributed by atoms with Gasteiger partial charge in [-0.3, -0.25) is 4.79 Å². The number of hydrogen-bond donors (Lipinski definition) is 2. The highest BCUT2D eigenvalue weighted by Crippen LogP contribution is 2.22. The minimum absolute atomic E-state index is 0.0677. The summed E-state index contributed by atoms with van der Waals surface area (Å²) in [6.07, 6.45) is 3.90. The van der Waals surface area contributed by atoms with Crippen LogP contribution in [0.1, 0.15) is 24.8 Å². The number of amides is 1. The van der Waals surface area contributed by atoms with Gasteiger partial charge in [-0.1, -0.05) is 30.3 Å². The molecule has 0 radical (unpaired) electrons. The molecule has 2 rings (SSSR count). The summed E-state index contributed by atoms with van der Waals surface area (Å²) in [5.41, 5.74) is 6.92. The highest BCUT2D eigenvalue weighted by molar-refractivity contribution is 5.79. The van der Waals surface area contributed by atoms with Crippen LogP contribution in [0, 0.1) is 5.92 Å². The van der Waals surface area contributed by atoms with Gasteiger partial charge in [0.1, 0.15) is 0 Å². The van der Waals surface area contributed by atoms with Crippen LogP contribution in [-0.2, 0) is 16.0 Å². The average Bonchev–Trinajstić information content (AvgIpc) is 2.93. The maximum absolute atomic E-state index is 12.3. The molecule has 1 fully saturated rings. The van der Waals surface area contributed by atoms with Crippen LogP contribution in [-0.4, -0.2) is 31.7 Å². The van der Waals surface area contributed by atoms with E-state index in [4.69, 9.17) is 10.5 Å². The fourth-order valence-electron chi connectivity index (χ4n) is 2.79. The maximum atomic E-state index is 12.3. The second-order valence-electron chi connectivity index (χ2n) is 5.50. The Kier molecular flexibility index (Phi) is 5.56. The molecule has 1 aliphatic carbocycles. The molecule has 4 heteroatoms. The zero-order valence-electron chi connectivity index (χ0n) is 12.0. The Labute approximate surface area is 120 Å². The van der Waals surface area contributed by atoms with Gasteiger partial charge >= 0.3 is 0 Å². The van der Waals surface area contributed by atoms with Gasteiger partial charge in [-0.25, -0.2) is 0 Å². The van der Waals surface area contributed by atoms with Crippen molar-refractivity contribution in [3.8, 4) is 0 Å². The lowest BCUT2D eigenvalue weighted by atomic mass is 9.98. The van der Waals surface area contributed by atoms with Crippen molar-refractivity contribution in [2.45, 2.75) is 37.8 Å². The Morgan fingerprint density at radius 1 is 1.40 bits per heavy atom. The van der Waals surface area contributed by atoms with E-state index in [1.807, 2.05) is 30.3 Å². The van der Waals surface area contributed by atoms with Crippen molar-refractivity contribution in [3.05, 3.63) is 35.9 Å². The molecule has 1 aliphatic rings. The van der Waals surface area contributed by atoms with Gasteiger partial charge in [0.15, 0.2) is 0 Å². The van der Waals surface area contributed by atoms with E-state index in [1.165, 1.54) is 0 Å². The first-order chi connectivity index (χ1) is 9.72. The zero-order chi connectivity index (χ0) is 14.4. The van der Waals surface area contributed by atoms with E-state index in [0.717, 1.165) is 24.8 Å². The van der Waals surface area contributed by atoms with Crippen LogP contribution in [0.15, 0.2) is 30.3 Å². The Balaban J connectivity index is 1.86. The number of methoxy groups -OCH3 is 1. The molecule has 3 unspecified atom stereocenters. The normalized spacial score (nSPS) is 23.5. The maximum Gasteiger partial charge on any atom is 0.224 e. The van der Waals surface area contributed by atoms with Crippen molar-refractivity contribution < 1.29 is 9.53 Å². The molecule has 20 heavy (non-hydrogen) atoms. The van der Waals surface area contributed by atoms with E-state index in [1.54, 1.807) is 7.11 Å². The minimum Gasteiger partial charge on any atom is -0.381 e. The molecule has 0 bridgehead atoms. The van der Waals surface area contributed by atoms with Crippen molar-refractivity contribution in [2.75, 3.05) is 13.7 Å². The van der Waals surface area contributed by atoms with Gasteiger partial charge < -0.3 is 15.8 Å². The molecule has 110 valence electrons. The first-order valence-corrected chi connectivity index (χ1v) is 7.30. The third kappa shape index (κ3) is 4.05. The molecule has 3 N–H and O–H groups in total. The zero-order valence-corrected chi connectivity index (χ0v) is 12.0. The summed E-state index contributed by atoms with van der Waals surface area (Å²) in [6.45, 7) is 0.376. The molecular formula is C16H24N2O2.